The molecule has 7 nitrogen and oxygen atoms in total. The molecule has 1 saturated heterocycles. The van der Waals surface area contributed by atoms with E-state index in [4.69, 9.17) is 0 Å². The first-order valence-corrected chi connectivity index (χ1v) is 7.80. The average molecular weight is 310 g/mol. The van der Waals surface area contributed by atoms with Crippen molar-refractivity contribution in [2.45, 2.75) is 25.8 Å². The predicted molar refractivity (Wildman–Crippen MR) is 84.1 cm³/mol. The molecular weight excluding hydrogens is 292 g/mol. The highest BCUT2D eigenvalue weighted by Crippen LogP contribution is 2.23. The Morgan fingerprint density at radius 1 is 1.35 bits per heavy atom. The number of piperidine rings is 1. The maximum Gasteiger partial charge on any atom is 0.259 e. The molecule has 0 unspecified atom stereocenters. The molecule has 0 aromatic carbocycles. The van der Waals surface area contributed by atoms with E-state index in [9.17, 15) is 4.79 Å². The van der Waals surface area contributed by atoms with Crippen molar-refractivity contribution in [3.63, 3.8) is 0 Å². The monoisotopic (exact) mass is 310 g/mol. The Balaban J connectivity index is 1.61. The molecule has 23 heavy (non-hydrogen) atoms. The molecule has 1 amide bonds. The standard InChI is InChI=1S/C16H18N6O/c1-12-4-7-22-15(19-12)14(9-18-22)16(23)20-6-2-3-13(10-20)21-8-5-17-11-21/h4-5,7-9,11,13H,2-3,6,10H2,1H3/t13-/m0/s1. The first-order valence-electron chi connectivity index (χ1n) is 7.80. The van der Waals surface area contributed by atoms with Crippen LogP contribution < -0.4 is 0 Å². The summed E-state index contributed by atoms with van der Waals surface area (Å²) in [6.07, 6.45) is 11.0. The summed E-state index contributed by atoms with van der Waals surface area (Å²) in [6, 6.07) is 2.16. The molecule has 118 valence electrons. The van der Waals surface area contributed by atoms with Crippen LogP contribution in [-0.4, -0.2) is 48.0 Å². The Kier molecular flexibility index (Phi) is 3.33. The zero-order chi connectivity index (χ0) is 15.8. The number of hydrogen-bond acceptors (Lipinski definition) is 4. The smallest absolute Gasteiger partial charge is 0.259 e. The lowest BCUT2D eigenvalue weighted by Gasteiger charge is -2.33. The summed E-state index contributed by atoms with van der Waals surface area (Å²) in [4.78, 5) is 23.4. The van der Waals surface area contributed by atoms with E-state index in [1.54, 1.807) is 16.9 Å². The van der Waals surface area contributed by atoms with E-state index in [0.29, 0.717) is 17.8 Å². The molecule has 0 N–H and O–H groups in total. The van der Waals surface area contributed by atoms with E-state index in [1.807, 2.05) is 36.6 Å². The van der Waals surface area contributed by atoms with Gasteiger partial charge in [-0.15, -0.1) is 0 Å². The van der Waals surface area contributed by atoms with Crippen LogP contribution in [-0.2, 0) is 0 Å². The molecule has 3 aromatic heterocycles. The number of likely N-dealkylation sites (tertiary alicyclic amines) is 1. The second-order valence-electron chi connectivity index (χ2n) is 5.95. The molecule has 3 aromatic rings. The molecule has 1 atom stereocenters. The van der Waals surface area contributed by atoms with Gasteiger partial charge in [-0.2, -0.15) is 5.10 Å². The van der Waals surface area contributed by atoms with E-state index < -0.39 is 0 Å². The van der Waals surface area contributed by atoms with Gasteiger partial charge < -0.3 is 9.47 Å². The van der Waals surface area contributed by atoms with Gasteiger partial charge in [0.1, 0.15) is 5.56 Å². The maximum absolute atomic E-state index is 12.9. The normalized spacial score (nSPS) is 18.5. The minimum Gasteiger partial charge on any atom is -0.336 e. The van der Waals surface area contributed by atoms with Gasteiger partial charge in [-0.1, -0.05) is 0 Å². The van der Waals surface area contributed by atoms with Gasteiger partial charge in [0.05, 0.1) is 18.6 Å². The van der Waals surface area contributed by atoms with E-state index in [0.717, 1.165) is 25.1 Å². The topological polar surface area (TPSA) is 68.3 Å². The second kappa shape index (κ2) is 5.49. The fourth-order valence-corrected chi connectivity index (χ4v) is 3.15. The molecule has 1 aliphatic heterocycles. The Morgan fingerprint density at radius 3 is 3.09 bits per heavy atom. The van der Waals surface area contributed by atoms with Crippen LogP contribution in [0.1, 0.15) is 34.9 Å². The SMILES string of the molecule is Cc1ccn2ncc(C(=O)N3CCC[C@H](n4ccnc4)C3)c2n1. The molecular formula is C16H18N6O. The van der Waals surface area contributed by atoms with Crippen molar-refractivity contribution in [3.8, 4) is 0 Å². The van der Waals surface area contributed by atoms with Gasteiger partial charge >= 0.3 is 0 Å². The van der Waals surface area contributed by atoms with Crippen molar-refractivity contribution in [2.75, 3.05) is 13.1 Å². The number of aryl methyl sites for hydroxylation is 1. The molecule has 0 bridgehead atoms. The molecule has 1 aliphatic rings. The molecule has 1 fully saturated rings. The van der Waals surface area contributed by atoms with Crippen LogP contribution >= 0.6 is 0 Å². The molecule has 4 rings (SSSR count). The summed E-state index contributed by atoms with van der Waals surface area (Å²) < 4.78 is 3.73. The molecule has 0 spiro atoms. The molecule has 0 saturated carbocycles. The van der Waals surface area contributed by atoms with Crippen LogP contribution in [0.3, 0.4) is 0 Å². The third-order valence-electron chi connectivity index (χ3n) is 4.37. The highest BCUT2D eigenvalue weighted by Gasteiger charge is 2.27. The quantitative estimate of drug-likeness (QED) is 0.722. The third-order valence-corrected chi connectivity index (χ3v) is 4.37. The fourth-order valence-electron chi connectivity index (χ4n) is 3.15. The average Bonchev–Trinajstić information content (AvgIpc) is 3.24. The first-order chi connectivity index (χ1) is 11.2. The van der Waals surface area contributed by atoms with Crippen molar-refractivity contribution < 1.29 is 4.79 Å². The number of aromatic nitrogens is 5. The highest BCUT2D eigenvalue weighted by atomic mass is 16.2. The summed E-state index contributed by atoms with van der Waals surface area (Å²) in [5.41, 5.74) is 2.07. The van der Waals surface area contributed by atoms with E-state index in [2.05, 4.69) is 19.6 Å². The largest absolute Gasteiger partial charge is 0.336 e. The number of fused-ring (bicyclic) bond motifs is 1. The summed E-state index contributed by atoms with van der Waals surface area (Å²) in [7, 11) is 0. The zero-order valence-electron chi connectivity index (χ0n) is 13.0. The van der Waals surface area contributed by atoms with E-state index in [-0.39, 0.29) is 11.9 Å². The summed E-state index contributed by atoms with van der Waals surface area (Å²) in [5.74, 6) is 0.00270. The van der Waals surface area contributed by atoms with Crippen molar-refractivity contribution >= 4 is 11.6 Å². The number of nitrogens with zero attached hydrogens (tertiary/aromatic N) is 6. The summed E-state index contributed by atoms with van der Waals surface area (Å²) in [6.45, 7) is 3.38. The molecule has 4 heterocycles. The number of rotatable bonds is 2. The zero-order valence-corrected chi connectivity index (χ0v) is 13.0. The van der Waals surface area contributed by atoms with Crippen molar-refractivity contribution in [3.05, 3.63) is 48.4 Å². The van der Waals surface area contributed by atoms with Gasteiger partial charge in [-0.3, -0.25) is 4.79 Å². The number of hydrogen-bond donors (Lipinski definition) is 0. The maximum atomic E-state index is 12.9. The van der Waals surface area contributed by atoms with Gasteiger partial charge in [0.2, 0.25) is 0 Å². The number of carbonyl (C=O) groups is 1. The van der Waals surface area contributed by atoms with Crippen LogP contribution in [0.25, 0.3) is 5.65 Å². The Labute approximate surface area is 133 Å². The first kappa shape index (κ1) is 13.9. The minimum atomic E-state index is 0.00270. The second-order valence-corrected chi connectivity index (χ2v) is 5.95. The number of imidazole rings is 1. The summed E-state index contributed by atoms with van der Waals surface area (Å²) >= 11 is 0. The number of carbonyl (C=O) groups excluding carboxylic acids is 1. The predicted octanol–water partition coefficient (Wildman–Crippen LogP) is 1.71. The molecule has 7 heteroatoms. The summed E-state index contributed by atoms with van der Waals surface area (Å²) in [5, 5.41) is 4.24. The Morgan fingerprint density at radius 2 is 2.26 bits per heavy atom. The fraction of sp³-hybridized carbons (Fsp3) is 0.375. The lowest BCUT2D eigenvalue weighted by Crippen LogP contribution is -2.40. The minimum absolute atomic E-state index is 0.00270. The van der Waals surface area contributed by atoms with Crippen LogP contribution in [0.4, 0.5) is 0 Å². The van der Waals surface area contributed by atoms with E-state index >= 15 is 0 Å². The van der Waals surface area contributed by atoms with Crippen LogP contribution in [0.2, 0.25) is 0 Å². The highest BCUT2D eigenvalue weighted by molar-refractivity contribution is 5.99. The van der Waals surface area contributed by atoms with Crippen LogP contribution in [0.5, 0.6) is 0 Å². The lowest BCUT2D eigenvalue weighted by atomic mass is 10.0. The van der Waals surface area contributed by atoms with Crippen LogP contribution in [0.15, 0.2) is 37.2 Å². The molecule has 0 radical (unpaired) electrons. The van der Waals surface area contributed by atoms with Gasteiger partial charge in [-0.25, -0.2) is 14.5 Å². The van der Waals surface area contributed by atoms with Gasteiger partial charge in [0.25, 0.3) is 5.91 Å². The van der Waals surface area contributed by atoms with Crippen molar-refractivity contribution in [1.82, 2.24) is 29.0 Å². The van der Waals surface area contributed by atoms with Gasteiger partial charge in [0, 0.05) is 37.4 Å². The Bertz CT molecular complexity index is 838. The van der Waals surface area contributed by atoms with E-state index in [1.165, 1.54) is 0 Å². The lowest BCUT2D eigenvalue weighted by molar-refractivity contribution is 0.0681. The number of amides is 1. The van der Waals surface area contributed by atoms with Gasteiger partial charge in [0.15, 0.2) is 5.65 Å². The third kappa shape index (κ3) is 2.48. The van der Waals surface area contributed by atoms with Crippen LogP contribution in [0, 0.1) is 6.92 Å². The Hall–Kier alpha value is -2.70. The molecule has 0 aliphatic carbocycles. The van der Waals surface area contributed by atoms with Gasteiger partial charge in [-0.05, 0) is 25.8 Å². The van der Waals surface area contributed by atoms with Crippen molar-refractivity contribution in [2.24, 2.45) is 0 Å². The van der Waals surface area contributed by atoms with Crippen molar-refractivity contribution in [1.29, 1.82) is 0 Å².